The van der Waals surface area contributed by atoms with E-state index in [0.29, 0.717) is 12.8 Å². The van der Waals surface area contributed by atoms with Crippen LogP contribution in [0.15, 0.2) is 0 Å². The molecule has 118 valence electrons. The smallest absolute Gasteiger partial charge is 0.309 e. The first-order chi connectivity index (χ1) is 9.68. The van der Waals surface area contributed by atoms with E-state index in [2.05, 4.69) is 6.92 Å². The van der Waals surface area contributed by atoms with Crippen molar-refractivity contribution in [2.75, 3.05) is 0 Å². The summed E-state index contributed by atoms with van der Waals surface area (Å²) in [6, 6.07) is 0. The first-order valence-corrected chi connectivity index (χ1v) is 8.14. The number of rotatable bonds is 3. The van der Waals surface area contributed by atoms with Gasteiger partial charge in [0.15, 0.2) is 0 Å². The van der Waals surface area contributed by atoms with Crippen molar-refractivity contribution in [2.24, 2.45) is 17.3 Å². The third-order valence-electron chi connectivity index (χ3n) is 5.62. The van der Waals surface area contributed by atoms with Gasteiger partial charge < -0.3 is 9.47 Å². The van der Waals surface area contributed by atoms with Gasteiger partial charge in [-0.15, -0.1) is 0 Å². The second kappa shape index (κ2) is 4.47. The molecule has 2 saturated heterocycles. The van der Waals surface area contributed by atoms with E-state index in [0.717, 1.165) is 25.7 Å². The van der Waals surface area contributed by atoms with Gasteiger partial charge in [0.05, 0.1) is 11.8 Å². The highest BCUT2D eigenvalue weighted by atomic mass is 16.6. The minimum atomic E-state index is -0.503. The van der Waals surface area contributed by atoms with Gasteiger partial charge in [-0.25, -0.2) is 0 Å². The molecule has 2 aliphatic carbocycles. The molecule has 4 rings (SSSR count). The third-order valence-corrected chi connectivity index (χ3v) is 5.62. The lowest BCUT2D eigenvalue weighted by molar-refractivity contribution is -0.194. The molecule has 5 atom stereocenters. The summed E-state index contributed by atoms with van der Waals surface area (Å²) in [5.74, 6) is -0.421. The zero-order chi connectivity index (χ0) is 15.5. The van der Waals surface area contributed by atoms with Crippen LogP contribution >= 0.6 is 0 Å². The number of carbonyl (C=O) groups excluding carboxylic acids is 2. The van der Waals surface area contributed by atoms with Crippen molar-refractivity contribution in [3.63, 3.8) is 0 Å². The number of fused-ring (bicyclic) bond motifs is 1. The summed E-state index contributed by atoms with van der Waals surface area (Å²) in [5, 5.41) is 0. The highest BCUT2D eigenvalue weighted by Gasteiger charge is 2.63. The number of carbonyl (C=O) groups is 2. The summed E-state index contributed by atoms with van der Waals surface area (Å²) in [4.78, 5) is 24.6. The van der Waals surface area contributed by atoms with Gasteiger partial charge in [0, 0.05) is 12.8 Å². The lowest BCUT2D eigenvalue weighted by Gasteiger charge is -2.54. The van der Waals surface area contributed by atoms with E-state index >= 15 is 0 Å². The molecule has 5 unspecified atom stereocenters. The Balaban J connectivity index is 1.92. The normalized spacial score (nSPS) is 45.9. The van der Waals surface area contributed by atoms with Crippen molar-refractivity contribution in [2.45, 2.75) is 77.4 Å². The molecule has 0 spiro atoms. The lowest BCUT2D eigenvalue weighted by atomic mass is 9.55. The fourth-order valence-electron chi connectivity index (χ4n) is 5.11. The molecule has 2 aliphatic heterocycles. The molecular weight excluding hydrogens is 268 g/mol. The van der Waals surface area contributed by atoms with Gasteiger partial charge in [-0.3, -0.25) is 9.59 Å². The van der Waals surface area contributed by atoms with E-state index in [1.165, 1.54) is 0 Å². The molecule has 0 radical (unpaired) electrons. The van der Waals surface area contributed by atoms with Crippen molar-refractivity contribution in [1.82, 2.24) is 0 Å². The summed E-state index contributed by atoms with van der Waals surface area (Å²) < 4.78 is 11.7. The maximum absolute atomic E-state index is 12.3. The molecule has 2 saturated carbocycles. The summed E-state index contributed by atoms with van der Waals surface area (Å²) >= 11 is 0. The second-order valence-corrected chi connectivity index (χ2v) is 8.23. The monoisotopic (exact) mass is 294 g/mol. The van der Waals surface area contributed by atoms with Crippen molar-refractivity contribution in [3.05, 3.63) is 0 Å². The molecule has 4 bridgehead atoms. The van der Waals surface area contributed by atoms with E-state index in [-0.39, 0.29) is 29.2 Å². The highest BCUT2D eigenvalue weighted by molar-refractivity contribution is 5.75. The number of esters is 2. The maximum Gasteiger partial charge on any atom is 0.309 e. The Labute approximate surface area is 126 Å². The van der Waals surface area contributed by atoms with Crippen molar-refractivity contribution in [1.29, 1.82) is 0 Å². The Morgan fingerprint density at radius 2 is 2.05 bits per heavy atom. The van der Waals surface area contributed by atoms with Crippen molar-refractivity contribution >= 4 is 11.9 Å². The van der Waals surface area contributed by atoms with Gasteiger partial charge in [-0.05, 0) is 38.0 Å². The number of hydrogen-bond acceptors (Lipinski definition) is 4. The van der Waals surface area contributed by atoms with Crippen molar-refractivity contribution in [3.8, 4) is 0 Å². The first-order valence-electron chi connectivity index (χ1n) is 8.14. The quantitative estimate of drug-likeness (QED) is 0.750. The summed E-state index contributed by atoms with van der Waals surface area (Å²) in [6.07, 6.45) is 4.68. The van der Waals surface area contributed by atoms with Crippen LogP contribution in [-0.2, 0) is 19.1 Å². The molecule has 0 aromatic rings. The minimum Gasteiger partial charge on any atom is -0.459 e. The van der Waals surface area contributed by atoms with Gasteiger partial charge in [-0.2, -0.15) is 0 Å². The standard InChI is InChI=1S/C17H26O4/c1-5-11(2)13(18)21-17-7-12-6-15(3,9-17)8-16(4,10-17)20-14(12)19/h11-12H,5-10H2,1-4H3. The predicted octanol–water partition coefficient (Wildman–Crippen LogP) is 3.23. The largest absolute Gasteiger partial charge is 0.459 e. The van der Waals surface area contributed by atoms with E-state index in [9.17, 15) is 9.59 Å². The fraction of sp³-hybridized carbons (Fsp3) is 0.882. The average molecular weight is 294 g/mol. The molecule has 4 heteroatoms. The van der Waals surface area contributed by atoms with Crippen LogP contribution in [0.25, 0.3) is 0 Å². The van der Waals surface area contributed by atoms with Crippen LogP contribution in [0.3, 0.4) is 0 Å². The predicted molar refractivity (Wildman–Crippen MR) is 77.5 cm³/mol. The zero-order valence-corrected chi connectivity index (χ0v) is 13.5. The summed E-state index contributed by atoms with van der Waals surface area (Å²) in [5.41, 5.74) is -0.944. The van der Waals surface area contributed by atoms with Gasteiger partial charge in [0.1, 0.15) is 11.2 Å². The highest BCUT2D eigenvalue weighted by Crippen LogP contribution is 2.60. The topological polar surface area (TPSA) is 52.6 Å². The average Bonchev–Trinajstić information content (AvgIpc) is 2.44. The fourth-order valence-corrected chi connectivity index (χ4v) is 5.11. The van der Waals surface area contributed by atoms with E-state index in [1.807, 2.05) is 20.8 Å². The van der Waals surface area contributed by atoms with Crippen LogP contribution in [0.4, 0.5) is 0 Å². The van der Waals surface area contributed by atoms with Crippen LogP contribution in [0.5, 0.6) is 0 Å². The Morgan fingerprint density at radius 1 is 1.33 bits per heavy atom. The molecule has 2 heterocycles. The number of ether oxygens (including phenoxy) is 2. The molecule has 4 fully saturated rings. The molecule has 0 amide bonds. The van der Waals surface area contributed by atoms with E-state index < -0.39 is 11.2 Å². The van der Waals surface area contributed by atoms with Crippen molar-refractivity contribution < 1.29 is 19.1 Å². The minimum absolute atomic E-state index is 0.0395. The third kappa shape index (κ3) is 2.47. The van der Waals surface area contributed by atoms with E-state index in [1.54, 1.807) is 0 Å². The summed E-state index contributed by atoms with van der Waals surface area (Å²) in [7, 11) is 0. The maximum atomic E-state index is 12.3. The van der Waals surface area contributed by atoms with Crippen LogP contribution in [0.2, 0.25) is 0 Å². The molecule has 0 N–H and O–H groups in total. The molecule has 4 nitrogen and oxygen atoms in total. The first kappa shape index (κ1) is 14.9. The Hall–Kier alpha value is -1.06. The van der Waals surface area contributed by atoms with Gasteiger partial charge in [-0.1, -0.05) is 20.8 Å². The Bertz CT molecular complexity index is 487. The van der Waals surface area contributed by atoms with E-state index in [4.69, 9.17) is 9.47 Å². The Kier molecular flexibility index (Phi) is 3.16. The van der Waals surface area contributed by atoms with Gasteiger partial charge in [0.2, 0.25) is 0 Å². The molecule has 21 heavy (non-hydrogen) atoms. The molecule has 0 aromatic heterocycles. The van der Waals surface area contributed by atoms with Crippen LogP contribution in [0, 0.1) is 17.3 Å². The SMILES string of the molecule is CCC(C)C(=O)OC12CC3CC(C)(CC(C)(C1)OC3=O)C2. The zero-order valence-electron chi connectivity index (χ0n) is 13.5. The van der Waals surface area contributed by atoms with Gasteiger partial charge >= 0.3 is 11.9 Å². The van der Waals surface area contributed by atoms with Gasteiger partial charge in [0.25, 0.3) is 0 Å². The molecule has 0 aromatic carbocycles. The lowest BCUT2D eigenvalue weighted by Crippen LogP contribution is -2.55. The van der Waals surface area contributed by atoms with Crippen LogP contribution in [0.1, 0.15) is 66.2 Å². The van der Waals surface area contributed by atoms with Crippen LogP contribution in [-0.4, -0.2) is 23.1 Å². The molecule has 4 aliphatic rings. The summed E-state index contributed by atoms with van der Waals surface area (Å²) in [6.45, 7) is 8.11. The molecular formula is C17H26O4. The number of hydrogen-bond donors (Lipinski definition) is 0. The Morgan fingerprint density at radius 3 is 2.71 bits per heavy atom. The second-order valence-electron chi connectivity index (χ2n) is 8.23. The van der Waals surface area contributed by atoms with Crippen LogP contribution < -0.4 is 0 Å².